The number of rotatable bonds is 3. The Balaban J connectivity index is 2.26. The molecule has 98 valence electrons. The molecule has 3 N–H and O–H groups in total. The molecule has 6 nitrogen and oxygen atoms in total. The molecular weight excluding hydrogens is 242 g/mol. The number of pyridine rings is 1. The van der Waals surface area contributed by atoms with Crippen LogP contribution in [0.15, 0.2) is 30.7 Å². The van der Waals surface area contributed by atoms with Gasteiger partial charge in [-0.15, -0.1) is 0 Å². The second-order valence-corrected chi connectivity index (χ2v) is 4.38. The van der Waals surface area contributed by atoms with Gasteiger partial charge in [0.25, 0.3) is 5.91 Å². The molecule has 0 saturated carbocycles. The lowest BCUT2D eigenvalue weighted by Gasteiger charge is -2.09. The lowest BCUT2D eigenvalue weighted by atomic mass is 10.2. The molecule has 2 rings (SSSR count). The maximum atomic E-state index is 12.1. The van der Waals surface area contributed by atoms with Gasteiger partial charge in [-0.3, -0.25) is 9.78 Å². The summed E-state index contributed by atoms with van der Waals surface area (Å²) in [5.74, 6) is 0.371. The van der Waals surface area contributed by atoms with Crippen LogP contribution in [0, 0.1) is 0 Å². The third-order valence-electron chi connectivity index (χ3n) is 2.51. The highest BCUT2D eigenvalue weighted by molar-refractivity contribution is 6.06. The highest BCUT2D eigenvalue weighted by atomic mass is 16.1. The number of hydrogen-bond donors (Lipinski definition) is 2. The molecule has 2 heterocycles. The Morgan fingerprint density at radius 2 is 2.00 bits per heavy atom. The molecule has 0 unspecified atom stereocenters. The lowest BCUT2D eigenvalue weighted by Crippen LogP contribution is -2.17. The maximum Gasteiger partial charge on any atom is 0.276 e. The average Bonchev–Trinajstić information content (AvgIpc) is 2.40. The molecule has 1 amide bonds. The van der Waals surface area contributed by atoms with Crippen LogP contribution in [0.25, 0.3) is 0 Å². The minimum atomic E-state index is -0.354. The summed E-state index contributed by atoms with van der Waals surface area (Å²) in [5, 5.41) is 2.72. The normalized spacial score (nSPS) is 10.5. The zero-order chi connectivity index (χ0) is 13.8. The van der Waals surface area contributed by atoms with Gasteiger partial charge >= 0.3 is 0 Å². The largest absolute Gasteiger partial charge is 0.396 e. The molecular formula is C13H15N5O. The Morgan fingerprint density at radius 3 is 2.63 bits per heavy atom. The maximum absolute atomic E-state index is 12.1. The summed E-state index contributed by atoms with van der Waals surface area (Å²) in [7, 11) is 0. The summed E-state index contributed by atoms with van der Waals surface area (Å²) in [6.45, 7) is 3.91. The minimum Gasteiger partial charge on any atom is -0.396 e. The van der Waals surface area contributed by atoms with Crippen molar-refractivity contribution in [3.63, 3.8) is 0 Å². The van der Waals surface area contributed by atoms with E-state index in [1.54, 1.807) is 24.5 Å². The lowest BCUT2D eigenvalue weighted by molar-refractivity contribution is 0.102. The number of nitrogens with one attached hydrogen (secondary N) is 1. The topological polar surface area (TPSA) is 93.8 Å². The fourth-order valence-corrected chi connectivity index (χ4v) is 1.49. The van der Waals surface area contributed by atoms with Gasteiger partial charge in [0.1, 0.15) is 5.82 Å². The second-order valence-electron chi connectivity index (χ2n) is 4.38. The number of nitrogens with zero attached hydrogens (tertiary/aromatic N) is 3. The number of anilines is 2. The van der Waals surface area contributed by atoms with Crippen LogP contribution in [-0.4, -0.2) is 20.9 Å². The molecule has 0 aliphatic carbocycles. The smallest absolute Gasteiger partial charge is 0.276 e. The first kappa shape index (κ1) is 12.9. The molecule has 2 aromatic rings. The van der Waals surface area contributed by atoms with Gasteiger partial charge in [0.05, 0.1) is 11.9 Å². The van der Waals surface area contributed by atoms with Crippen LogP contribution in [0.3, 0.4) is 0 Å². The Morgan fingerprint density at radius 1 is 1.32 bits per heavy atom. The summed E-state index contributed by atoms with van der Waals surface area (Å²) in [6.07, 6.45) is 4.65. The van der Waals surface area contributed by atoms with E-state index in [-0.39, 0.29) is 23.2 Å². The zero-order valence-corrected chi connectivity index (χ0v) is 10.8. The highest BCUT2D eigenvalue weighted by Crippen LogP contribution is 2.15. The summed E-state index contributed by atoms with van der Waals surface area (Å²) >= 11 is 0. The van der Waals surface area contributed by atoms with Gasteiger partial charge in [-0.25, -0.2) is 9.97 Å². The molecule has 0 atom stereocenters. The first-order valence-corrected chi connectivity index (χ1v) is 5.91. The molecule has 6 heteroatoms. The summed E-state index contributed by atoms with van der Waals surface area (Å²) < 4.78 is 0. The van der Waals surface area contributed by atoms with Crippen LogP contribution < -0.4 is 11.1 Å². The Kier molecular flexibility index (Phi) is 3.70. The Bertz CT molecular complexity index is 583. The third-order valence-corrected chi connectivity index (χ3v) is 2.51. The van der Waals surface area contributed by atoms with Crippen molar-refractivity contribution in [3.8, 4) is 0 Å². The van der Waals surface area contributed by atoms with Crippen LogP contribution in [0.4, 0.5) is 11.4 Å². The Labute approximate surface area is 111 Å². The number of nitrogens with two attached hydrogens (primary N) is 1. The molecule has 0 saturated heterocycles. The predicted molar refractivity (Wildman–Crippen MR) is 72.7 cm³/mol. The molecule has 0 bridgehead atoms. The van der Waals surface area contributed by atoms with Gasteiger partial charge < -0.3 is 11.1 Å². The Hall–Kier alpha value is -2.50. The molecule has 0 fully saturated rings. The van der Waals surface area contributed by atoms with E-state index in [9.17, 15) is 4.79 Å². The van der Waals surface area contributed by atoms with Gasteiger partial charge in [-0.1, -0.05) is 13.8 Å². The van der Waals surface area contributed by atoms with Crippen LogP contribution >= 0.6 is 0 Å². The van der Waals surface area contributed by atoms with Crippen LogP contribution in [0.1, 0.15) is 36.1 Å². The number of carbonyl (C=O) groups excluding carboxylic acids is 1. The van der Waals surface area contributed by atoms with Crippen LogP contribution in [0.2, 0.25) is 0 Å². The van der Waals surface area contributed by atoms with Crippen LogP contribution in [-0.2, 0) is 0 Å². The molecule has 0 spiro atoms. The summed E-state index contributed by atoms with van der Waals surface area (Å²) in [6, 6.07) is 3.39. The standard InChI is InChI=1S/C13H15N5O/c1-8(2)12-16-7-10(14)11(18-12)13(19)17-9-3-5-15-6-4-9/h3-8H,14H2,1-2H3,(H,15,17,19). The number of carbonyl (C=O) groups is 1. The van der Waals surface area contributed by atoms with E-state index in [2.05, 4.69) is 20.3 Å². The van der Waals surface area contributed by atoms with Crippen LogP contribution in [0.5, 0.6) is 0 Å². The summed E-state index contributed by atoms with van der Waals surface area (Å²) in [4.78, 5) is 24.3. The zero-order valence-electron chi connectivity index (χ0n) is 10.8. The summed E-state index contributed by atoms with van der Waals surface area (Å²) in [5.41, 5.74) is 6.84. The van der Waals surface area contributed by atoms with E-state index in [0.717, 1.165) is 0 Å². The van der Waals surface area contributed by atoms with Gasteiger partial charge in [0.15, 0.2) is 5.69 Å². The van der Waals surface area contributed by atoms with Crippen molar-refractivity contribution in [3.05, 3.63) is 42.2 Å². The predicted octanol–water partition coefficient (Wildman–Crippen LogP) is 1.83. The number of hydrogen-bond acceptors (Lipinski definition) is 5. The van der Waals surface area contributed by atoms with Gasteiger partial charge in [-0.2, -0.15) is 0 Å². The van der Waals surface area contributed by atoms with E-state index in [4.69, 9.17) is 5.73 Å². The SMILES string of the molecule is CC(C)c1ncc(N)c(C(=O)Nc2ccncc2)n1. The monoisotopic (exact) mass is 257 g/mol. The highest BCUT2D eigenvalue weighted by Gasteiger charge is 2.15. The van der Waals surface area contributed by atoms with Gasteiger partial charge in [-0.05, 0) is 12.1 Å². The molecule has 0 radical (unpaired) electrons. The van der Waals surface area contributed by atoms with Crippen molar-refractivity contribution < 1.29 is 4.79 Å². The van der Waals surface area contributed by atoms with Crippen molar-refractivity contribution in [1.29, 1.82) is 0 Å². The molecule has 19 heavy (non-hydrogen) atoms. The van der Waals surface area contributed by atoms with Crippen molar-refractivity contribution >= 4 is 17.3 Å². The first-order chi connectivity index (χ1) is 9.08. The number of nitrogen functional groups attached to an aromatic ring is 1. The third kappa shape index (κ3) is 3.04. The molecule has 0 aromatic carbocycles. The van der Waals surface area contributed by atoms with E-state index in [1.165, 1.54) is 6.20 Å². The quantitative estimate of drug-likeness (QED) is 0.874. The van der Waals surface area contributed by atoms with Gasteiger partial charge in [0, 0.05) is 24.0 Å². The fraction of sp³-hybridized carbons (Fsp3) is 0.231. The van der Waals surface area contributed by atoms with Crippen molar-refractivity contribution in [1.82, 2.24) is 15.0 Å². The number of aromatic nitrogens is 3. The van der Waals surface area contributed by atoms with Crippen molar-refractivity contribution in [2.75, 3.05) is 11.1 Å². The van der Waals surface area contributed by atoms with Crippen molar-refractivity contribution in [2.24, 2.45) is 0 Å². The van der Waals surface area contributed by atoms with Crippen molar-refractivity contribution in [2.45, 2.75) is 19.8 Å². The first-order valence-electron chi connectivity index (χ1n) is 5.91. The fourth-order valence-electron chi connectivity index (χ4n) is 1.49. The van der Waals surface area contributed by atoms with Gasteiger partial charge in [0.2, 0.25) is 0 Å². The van der Waals surface area contributed by atoms with E-state index < -0.39 is 0 Å². The second kappa shape index (κ2) is 5.43. The number of amides is 1. The molecule has 2 aromatic heterocycles. The average molecular weight is 257 g/mol. The minimum absolute atomic E-state index is 0.132. The van der Waals surface area contributed by atoms with E-state index in [0.29, 0.717) is 11.5 Å². The van der Waals surface area contributed by atoms with E-state index >= 15 is 0 Å². The van der Waals surface area contributed by atoms with E-state index in [1.807, 2.05) is 13.8 Å². The molecule has 0 aliphatic heterocycles. The molecule has 0 aliphatic rings.